The van der Waals surface area contributed by atoms with E-state index >= 15 is 0 Å². The first-order chi connectivity index (χ1) is 52.5. The number of thiazole rings is 4. The maximum Gasteiger partial charge on any atom is 0.302 e. The topological polar surface area (TPSA) is 189 Å². The molecule has 0 amide bonds. The number of imidazole rings is 8. The molecular formula is C80H55Ir4N23S4. The Labute approximate surface area is 699 Å². The van der Waals surface area contributed by atoms with Crippen molar-refractivity contribution in [1.29, 1.82) is 0 Å². The summed E-state index contributed by atoms with van der Waals surface area (Å²) in [5.41, 5.74) is 25.4. The van der Waals surface area contributed by atoms with Gasteiger partial charge in [-0.2, -0.15) is 99.6 Å². The van der Waals surface area contributed by atoms with Crippen LogP contribution in [0.1, 0.15) is 0 Å². The Morgan fingerprint density at radius 2 is 0.694 bits per heavy atom. The third-order valence-corrected chi connectivity index (χ3v) is 23.5. The van der Waals surface area contributed by atoms with Crippen molar-refractivity contribution in [2.45, 2.75) is 0 Å². The van der Waals surface area contributed by atoms with E-state index in [0.717, 1.165) is 173 Å². The monoisotopic (exact) mass is 2240 g/mol. The van der Waals surface area contributed by atoms with Crippen molar-refractivity contribution in [1.82, 2.24) is 104 Å². The molecule has 0 aliphatic carbocycles. The van der Waals surface area contributed by atoms with Crippen molar-refractivity contribution >= 4 is 201 Å². The average molecular weight is 2240 g/mol. The summed E-state index contributed by atoms with van der Waals surface area (Å²) >= 11 is 6.74. The first kappa shape index (κ1) is 73.1. The molecule has 0 atom stereocenters. The molecule has 16 aromatic heterocycles. The zero-order valence-electron chi connectivity index (χ0n) is 59.1. The minimum Gasteiger partial charge on any atom is -0.378 e. The van der Waals surface area contributed by atoms with Crippen LogP contribution >= 0.6 is 45.3 Å². The van der Waals surface area contributed by atoms with E-state index in [2.05, 4.69) is 198 Å². The number of aromatic nitrogens is 22. The molecule has 8 aromatic carbocycles. The van der Waals surface area contributed by atoms with Crippen LogP contribution in [0, 0.1) is 24.3 Å². The van der Waals surface area contributed by atoms with Crippen LogP contribution in [-0.4, -0.2) is 118 Å². The predicted molar refractivity (Wildman–Crippen MR) is 430 cm³/mol. The Morgan fingerprint density at radius 3 is 1.16 bits per heavy atom. The number of nitrogens with zero attached hydrogens (tertiary/aromatic N) is 23. The minimum absolute atomic E-state index is 0. The van der Waals surface area contributed by atoms with Gasteiger partial charge in [0.05, 0.1) is 68.9 Å². The first-order valence-electron chi connectivity index (χ1n) is 34.1. The second-order valence-electron chi connectivity index (χ2n) is 26.1. The molecule has 0 N–H and O–H groups in total. The molecule has 111 heavy (non-hydrogen) atoms. The van der Waals surface area contributed by atoms with Gasteiger partial charge in [-0.25, -0.2) is 38.2 Å². The number of fused-ring (bicyclic) bond motifs is 24. The molecular weight excluding hydrogens is 2180 g/mol. The van der Waals surface area contributed by atoms with Gasteiger partial charge in [0, 0.05) is 180 Å². The molecule has 23 nitrogen and oxygen atoms in total. The molecule has 4 radical (unpaired) electrons. The van der Waals surface area contributed by atoms with Crippen LogP contribution in [-0.2, 0) is 109 Å². The van der Waals surface area contributed by atoms with Crippen molar-refractivity contribution in [3.8, 4) is 22.7 Å². The second-order valence-corrected chi connectivity index (χ2v) is 30.1. The molecule has 0 spiro atoms. The van der Waals surface area contributed by atoms with Crippen molar-refractivity contribution in [3.63, 3.8) is 0 Å². The Balaban J connectivity index is 0.000000106. The van der Waals surface area contributed by atoms with Crippen molar-refractivity contribution in [3.05, 3.63) is 251 Å². The zero-order chi connectivity index (χ0) is 71.4. The molecule has 31 heteroatoms. The number of benzene rings is 8. The fraction of sp³-hybridized carbons (Fsp3) is 0.0750. The van der Waals surface area contributed by atoms with Gasteiger partial charge in [-0.05, 0) is 88.8 Å². The van der Waals surface area contributed by atoms with Crippen LogP contribution < -0.4 is 4.90 Å². The number of anilines is 1. The number of para-hydroxylation sites is 6. The van der Waals surface area contributed by atoms with E-state index in [0.29, 0.717) is 0 Å². The zero-order valence-corrected chi connectivity index (χ0v) is 72.0. The van der Waals surface area contributed by atoms with Crippen LogP contribution in [0.2, 0.25) is 0 Å². The molecule has 550 valence electrons. The van der Waals surface area contributed by atoms with Gasteiger partial charge in [0.25, 0.3) is 22.6 Å². The van der Waals surface area contributed by atoms with Crippen LogP contribution in [0.25, 0.3) is 173 Å². The number of rotatable bonds is 5. The second kappa shape index (κ2) is 28.8. The summed E-state index contributed by atoms with van der Waals surface area (Å²) in [6.07, 6.45) is 18.6. The summed E-state index contributed by atoms with van der Waals surface area (Å²) in [5, 5.41) is 0. The van der Waals surface area contributed by atoms with E-state index in [1.165, 1.54) is 4.70 Å². The summed E-state index contributed by atoms with van der Waals surface area (Å²) < 4.78 is 29.9. The summed E-state index contributed by atoms with van der Waals surface area (Å²) in [6.45, 7) is 0. The largest absolute Gasteiger partial charge is 0.378 e. The quantitative estimate of drug-likeness (QED) is 0.149. The summed E-state index contributed by atoms with van der Waals surface area (Å²) in [6, 6.07) is 69.5. The number of hydrogen-bond donors (Lipinski definition) is 0. The van der Waals surface area contributed by atoms with Gasteiger partial charge in [-0.15, -0.1) is 48.5 Å². The van der Waals surface area contributed by atoms with E-state index in [-0.39, 0.29) is 80.4 Å². The molecule has 0 saturated carbocycles. The molecule has 0 saturated heterocycles. The predicted octanol–water partition coefficient (Wildman–Crippen LogP) is 16.7. The van der Waals surface area contributed by atoms with E-state index < -0.39 is 0 Å². The van der Waals surface area contributed by atoms with Gasteiger partial charge in [0.2, 0.25) is 0 Å². The molecule has 0 bridgehead atoms. The smallest absolute Gasteiger partial charge is 0.302 e. The number of aryl methyl sites for hydroxylation is 4. The van der Waals surface area contributed by atoms with Gasteiger partial charge < -0.3 is 22.5 Å². The fourth-order valence-corrected chi connectivity index (χ4v) is 18.6. The van der Waals surface area contributed by atoms with Crippen LogP contribution in [0.15, 0.2) is 226 Å². The molecule has 0 aliphatic heterocycles. The SMILES string of the molecule is CN(C)c1ccc2c(c1)nc1sc3c[c-]c(-n4[cH+]n(C)c5nccnc54)cc3n12.Cn1[cH+]n(-c2[c-]cc3sc4nc5ccccc5n4c3c2)c2ncccc21.Cn1[cH+]n(-c2[c-]cc3sc4nc5ccccc5n4c3c2)c2nccnc21.Cn1[cH+]n(-c2[c-]ccc3c2sc2nc4ccccc4n23)c2ncccc21.[Ir].[Ir].[Ir].[Ir]. The van der Waals surface area contributed by atoms with Gasteiger partial charge >= 0.3 is 11.3 Å². The normalized spacial score (nSPS) is 11.6. The molecule has 0 unspecified atom stereocenters. The molecule has 24 rings (SSSR count). The van der Waals surface area contributed by atoms with E-state index in [1.807, 2.05) is 159 Å². The molecule has 24 aromatic rings. The maximum absolute atomic E-state index is 4.86. The average Bonchev–Trinajstić information content (AvgIpc) is 1.59. The van der Waals surface area contributed by atoms with Crippen LogP contribution in [0.5, 0.6) is 0 Å². The Kier molecular flexibility index (Phi) is 19.0. The van der Waals surface area contributed by atoms with Crippen molar-refractivity contribution in [2.24, 2.45) is 28.2 Å². The van der Waals surface area contributed by atoms with Crippen molar-refractivity contribution < 1.29 is 80.4 Å². The summed E-state index contributed by atoms with van der Waals surface area (Å²) in [5.74, 6) is 0. The molecule has 16 heterocycles. The minimum atomic E-state index is 0. The molecule has 0 fully saturated rings. The van der Waals surface area contributed by atoms with E-state index in [1.54, 1.807) is 70.1 Å². The van der Waals surface area contributed by atoms with E-state index in [4.69, 9.17) is 19.9 Å². The number of hydrogen-bond acceptors (Lipinski definition) is 15. The Hall–Kier alpha value is -10.7. The number of pyridine rings is 2. The Bertz CT molecular complexity index is 7470. The third kappa shape index (κ3) is 12.0. The standard InChI is InChI=1S/C21H17N7S.2C20H13N5S.C19H12N6S.4Ir/c1-25(2)13-4-6-16-15(10-13)24-21-28(16)17-11-14(5-7-18(17)29-21)27-12-26(3)19-20(27)23-9-8-22-19;1-23-12-24(19-17(23)10-5-11-21-19)15-8-4-9-16-18(15)26-20-22-13-6-2-3-7-14(13)25(16)20;1-23-12-24(19-16(23)7-4-10-21-19)13-8-9-18-17(11-13)25-15-6-3-2-5-14(15)22-20(25)26-18;1-23-11-24(18-17(23)20-8-9-21-18)12-6-7-16-15(10-12)25-14-5-3-2-4-13(14)22-19(25)26-16;;;;/h4,6-12H,1-3H3;2*2-7,9-12H,1H3;2-5,7-11H,1H3;;;;. The summed E-state index contributed by atoms with van der Waals surface area (Å²) in [4.78, 5) is 52.2. The maximum atomic E-state index is 4.86. The van der Waals surface area contributed by atoms with Gasteiger partial charge in [-0.3, -0.25) is 0 Å². The van der Waals surface area contributed by atoms with Gasteiger partial charge in [-0.1, -0.05) is 68.7 Å². The van der Waals surface area contributed by atoms with Gasteiger partial charge in [0.1, 0.15) is 0 Å². The van der Waals surface area contributed by atoms with Gasteiger partial charge in [0.15, 0.2) is 56.2 Å². The third-order valence-electron chi connectivity index (χ3n) is 19.4. The van der Waals surface area contributed by atoms with E-state index in [9.17, 15) is 0 Å². The molecule has 0 aliphatic rings. The van der Waals surface area contributed by atoms with Crippen LogP contribution in [0.3, 0.4) is 0 Å². The fourth-order valence-electron chi connectivity index (χ4n) is 14.4. The van der Waals surface area contributed by atoms with Crippen molar-refractivity contribution in [2.75, 3.05) is 19.0 Å². The Morgan fingerprint density at radius 1 is 0.324 bits per heavy atom. The first-order valence-corrected chi connectivity index (χ1v) is 37.3. The summed E-state index contributed by atoms with van der Waals surface area (Å²) in [7, 11) is 12.1. The van der Waals surface area contributed by atoms with Crippen LogP contribution in [0.4, 0.5) is 5.69 Å².